The number of nitrogens with one attached hydrogen (secondary N) is 1. The number of carbonyl (C=O) groups is 2. The van der Waals surface area contributed by atoms with Crippen LogP contribution in [-0.4, -0.2) is 40.4 Å². The van der Waals surface area contributed by atoms with Crippen molar-refractivity contribution in [3.8, 4) is 11.4 Å². The third-order valence-corrected chi connectivity index (χ3v) is 5.87. The van der Waals surface area contributed by atoms with Gasteiger partial charge in [-0.05, 0) is 61.5 Å². The van der Waals surface area contributed by atoms with E-state index in [4.69, 9.17) is 21.1 Å². The molecule has 9 heteroatoms. The van der Waals surface area contributed by atoms with E-state index in [1.165, 1.54) is 11.8 Å². The molecule has 1 N–H and O–H groups in total. The lowest BCUT2D eigenvalue weighted by molar-refractivity contribution is -0.144. The fourth-order valence-electron chi connectivity index (χ4n) is 3.28. The highest BCUT2D eigenvalue weighted by Crippen LogP contribution is 2.29. The second-order valence-electron chi connectivity index (χ2n) is 7.15. The zero-order valence-corrected chi connectivity index (χ0v) is 19.9. The van der Waals surface area contributed by atoms with Crippen LogP contribution in [0, 0.1) is 0 Å². The van der Waals surface area contributed by atoms with E-state index in [2.05, 4.69) is 10.3 Å². The molecule has 0 saturated heterocycles. The van der Waals surface area contributed by atoms with Crippen molar-refractivity contribution >= 4 is 52.0 Å². The predicted molar refractivity (Wildman–Crippen MR) is 134 cm³/mol. The van der Waals surface area contributed by atoms with E-state index in [0.717, 1.165) is 22.5 Å². The summed E-state index contributed by atoms with van der Waals surface area (Å²) >= 11 is 7.15. The van der Waals surface area contributed by atoms with Crippen molar-refractivity contribution in [1.82, 2.24) is 9.55 Å². The third kappa shape index (κ3) is 5.89. The van der Waals surface area contributed by atoms with Crippen LogP contribution in [0.2, 0.25) is 5.02 Å². The molecule has 3 aromatic carbocycles. The van der Waals surface area contributed by atoms with Crippen LogP contribution in [0.15, 0.2) is 78.0 Å². The number of anilines is 1. The number of hydrogen-bond donors (Lipinski definition) is 1. The van der Waals surface area contributed by atoms with Crippen LogP contribution in [0.3, 0.4) is 0 Å². The molecule has 0 atom stereocenters. The molecule has 0 saturated carbocycles. The summed E-state index contributed by atoms with van der Waals surface area (Å²) in [6.07, 6.45) is 0. The molecule has 0 radical (unpaired) electrons. The standard InChI is InChI=1S/C25H22ClN3O4S/c1-2-32-20-12-10-19(11-13-20)29-22-9-4-3-8-21(22)28-25(29)34-16-24(31)33-15-23(30)27-18-7-5-6-17(26)14-18/h3-14H,2,15-16H2,1H3,(H,27,30). The molecule has 1 amide bonds. The van der Waals surface area contributed by atoms with Gasteiger partial charge in [-0.2, -0.15) is 0 Å². The molecule has 1 aromatic heterocycles. The van der Waals surface area contributed by atoms with Gasteiger partial charge in [0.1, 0.15) is 5.75 Å². The average molecular weight is 496 g/mol. The maximum Gasteiger partial charge on any atom is 0.316 e. The van der Waals surface area contributed by atoms with Gasteiger partial charge in [0, 0.05) is 16.4 Å². The van der Waals surface area contributed by atoms with Crippen LogP contribution >= 0.6 is 23.4 Å². The van der Waals surface area contributed by atoms with Gasteiger partial charge in [0.15, 0.2) is 11.8 Å². The van der Waals surface area contributed by atoms with Gasteiger partial charge in [-0.15, -0.1) is 0 Å². The Morgan fingerprint density at radius 2 is 1.85 bits per heavy atom. The quantitative estimate of drug-likeness (QED) is 0.249. The van der Waals surface area contributed by atoms with Crippen LogP contribution < -0.4 is 10.1 Å². The van der Waals surface area contributed by atoms with Gasteiger partial charge < -0.3 is 14.8 Å². The van der Waals surface area contributed by atoms with E-state index in [1.807, 2.05) is 60.0 Å². The Balaban J connectivity index is 1.41. The molecule has 0 fully saturated rings. The van der Waals surface area contributed by atoms with Crippen molar-refractivity contribution in [1.29, 1.82) is 0 Å². The number of aromatic nitrogens is 2. The third-order valence-electron chi connectivity index (χ3n) is 4.73. The number of para-hydroxylation sites is 2. The van der Waals surface area contributed by atoms with Crippen LogP contribution in [0.1, 0.15) is 6.92 Å². The van der Waals surface area contributed by atoms with Crippen molar-refractivity contribution in [3.63, 3.8) is 0 Å². The summed E-state index contributed by atoms with van der Waals surface area (Å²) < 4.78 is 12.6. The first kappa shape index (κ1) is 23.7. The van der Waals surface area contributed by atoms with Gasteiger partial charge in [0.05, 0.1) is 23.4 Å². The monoisotopic (exact) mass is 495 g/mol. The number of carbonyl (C=O) groups excluding carboxylic acids is 2. The van der Waals surface area contributed by atoms with E-state index in [-0.39, 0.29) is 12.4 Å². The number of benzene rings is 3. The van der Waals surface area contributed by atoms with E-state index < -0.39 is 11.9 Å². The number of hydrogen-bond acceptors (Lipinski definition) is 6. The van der Waals surface area contributed by atoms with Crippen molar-refractivity contribution < 1.29 is 19.1 Å². The number of thioether (sulfide) groups is 1. The molecule has 4 aromatic rings. The lowest BCUT2D eigenvalue weighted by Crippen LogP contribution is -2.21. The van der Waals surface area contributed by atoms with Gasteiger partial charge in [0.2, 0.25) is 0 Å². The molecule has 0 spiro atoms. The Hall–Kier alpha value is -3.49. The number of imidazole rings is 1. The number of halogens is 1. The van der Waals surface area contributed by atoms with Gasteiger partial charge in [0.25, 0.3) is 5.91 Å². The summed E-state index contributed by atoms with van der Waals surface area (Å²) in [5, 5.41) is 3.79. The van der Waals surface area contributed by atoms with Gasteiger partial charge >= 0.3 is 5.97 Å². The zero-order valence-electron chi connectivity index (χ0n) is 18.4. The number of nitrogens with zero attached hydrogens (tertiary/aromatic N) is 2. The highest BCUT2D eigenvalue weighted by Gasteiger charge is 2.16. The second-order valence-corrected chi connectivity index (χ2v) is 8.53. The highest BCUT2D eigenvalue weighted by atomic mass is 35.5. The molecule has 0 aliphatic carbocycles. The number of ether oxygens (including phenoxy) is 2. The summed E-state index contributed by atoms with van der Waals surface area (Å²) in [4.78, 5) is 29.1. The van der Waals surface area contributed by atoms with Gasteiger partial charge in [-0.3, -0.25) is 14.2 Å². The van der Waals surface area contributed by atoms with Crippen LogP contribution in [-0.2, 0) is 14.3 Å². The number of esters is 1. The zero-order chi connectivity index (χ0) is 23.9. The molecule has 1 heterocycles. The first-order valence-corrected chi connectivity index (χ1v) is 11.9. The first-order chi connectivity index (χ1) is 16.5. The SMILES string of the molecule is CCOc1ccc(-n2c(SCC(=O)OCC(=O)Nc3cccc(Cl)c3)nc3ccccc32)cc1. The molecule has 174 valence electrons. The molecule has 7 nitrogen and oxygen atoms in total. The van der Waals surface area contributed by atoms with Crippen molar-refractivity contribution in [3.05, 3.63) is 77.8 Å². The van der Waals surface area contributed by atoms with Crippen LogP contribution in [0.4, 0.5) is 5.69 Å². The highest BCUT2D eigenvalue weighted by molar-refractivity contribution is 7.99. The maximum absolute atomic E-state index is 12.3. The topological polar surface area (TPSA) is 82.5 Å². The minimum Gasteiger partial charge on any atom is -0.494 e. The summed E-state index contributed by atoms with van der Waals surface area (Å²) in [7, 11) is 0. The number of amides is 1. The summed E-state index contributed by atoms with van der Waals surface area (Å²) in [6.45, 7) is 2.14. The van der Waals surface area contributed by atoms with E-state index in [0.29, 0.717) is 22.5 Å². The van der Waals surface area contributed by atoms with Crippen molar-refractivity contribution in [2.24, 2.45) is 0 Å². The molecular formula is C25H22ClN3O4S. The Labute approximate surface area is 206 Å². The number of fused-ring (bicyclic) bond motifs is 1. The second kappa shape index (κ2) is 11.1. The van der Waals surface area contributed by atoms with E-state index >= 15 is 0 Å². The fourth-order valence-corrected chi connectivity index (χ4v) is 4.30. The largest absolute Gasteiger partial charge is 0.494 e. The fraction of sp³-hybridized carbons (Fsp3) is 0.160. The molecule has 0 unspecified atom stereocenters. The van der Waals surface area contributed by atoms with E-state index in [1.54, 1.807) is 24.3 Å². The van der Waals surface area contributed by atoms with E-state index in [9.17, 15) is 9.59 Å². The smallest absolute Gasteiger partial charge is 0.316 e. The van der Waals surface area contributed by atoms with Gasteiger partial charge in [-0.25, -0.2) is 4.98 Å². The normalized spacial score (nSPS) is 10.8. The molecule has 0 bridgehead atoms. The Kier molecular flexibility index (Phi) is 7.72. The number of rotatable bonds is 9. The average Bonchev–Trinajstić information content (AvgIpc) is 3.20. The summed E-state index contributed by atoms with van der Waals surface area (Å²) in [5.74, 6) is -0.173. The van der Waals surface area contributed by atoms with Crippen molar-refractivity contribution in [2.45, 2.75) is 12.1 Å². The molecular weight excluding hydrogens is 474 g/mol. The lowest BCUT2D eigenvalue weighted by Gasteiger charge is -2.10. The summed E-state index contributed by atoms with van der Waals surface area (Å²) in [5.41, 5.74) is 3.16. The van der Waals surface area contributed by atoms with Crippen LogP contribution in [0.25, 0.3) is 16.7 Å². The Bertz CT molecular complexity index is 1310. The molecule has 34 heavy (non-hydrogen) atoms. The lowest BCUT2D eigenvalue weighted by atomic mass is 10.2. The Morgan fingerprint density at radius 1 is 1.06 bits per heavy atom. The predicted octanol–water partition coefficient (Wildman–Crippen LogP) is 5.35. The minimum atomic E-state index is -0.517. The Morgan fingerprint density at radius 3 is 2.62 bits per heavy atom. The minimum absolute atomic E-state index is 0.00476. The maximum atomic E-state index is 12.3. The molecule has 4 rings (SSSR count). The summed E-state index contributed by atoms with van der Waals surface area (Å²) in [6, 6.07) is 22.2. The first-order valence-electron chi connectivity index (χ1n) is 10.6. The van der Waals surface area contributed by atoms with Crippen LogP contribution in [0.5, 0.6) is 5.75 Å². The molecule has 0 aliphatic rings. The molecule has 0 aliphatic heterocycles. The van der Waals surface area contributed by atoms with Gasteiger partial charge in [-0.1, -0.05) is 41.6 Å². The van der Waals surface area contributed by atoms with Crippen molar-refractivity contribution in [2.75, 3.05) is 24.3 Å².